The Kier molecular flexibility index (Phi) is 14.0. The van der Waals surface area contributed by atoms with Crippen LogP contribution >= 0.6 is 24.0 Å². The van der Waals surface area contributed by atoms with E-state index in [2.05, 4.69) is 49.9 Å². The van der Waals surface area contributed by atoms with E-state index in [1.54, 1.807) is 0 Å². The first-order valence-corrected chi connectivity index (χ1v) is 11.9. The molecule has 0 bridgehead atoms. The lowest BCUT2D eigenvalue weighted by atomic mass is 10.1. The van der Waals surface area contributed by atoms with Gasteiger partial charge in [0.2, 0.25) is 0 Å². The minimum Gasteiger partial charge on any atom is -0.358 e. The minimum atomic E-state index is 0.960. The van der Waals surface area contributed by atoms with E-state index in [0.717, 1.165) is 28.7 Å². The molecule has 0 heterocycles. The number of hydrogen-bond acceptors (Lipinski definition) is 2. The zero-order valence-corrected chi connectivity index (χ0v) is 18.6. The second-order valence-corrected chi connectivity index (χ2v) is 8.80. The van der Waals surface area contributed by atoms with Crippen LogP contribution in [0.15, 0.2) is 24.3 Å². The molecule has 0 saturated heterocycles. The van der Waals surface area contributed by atoms with Gasteiger partial charge in [-0.3, -0.25) is 0 Å². The van der Waals surface area contributed by atoms with Crippen molar-refractivity contribution in [3.63, 3.8) is 0 Å². The number of benzene rings is 1. The first-order valence-electron chi connectivity index (χ1n) is 10.5. The number of hydrogen-bond donors (Lipinski definition) is 0. The van der Waals surface area contributed by atoms with Gasteiger partial charge in [0.15, 0.2) is 0 Å². The van der Waals surface area contributed by atoms with Crippen LogP contribution in [0.5, 0.6) is 0 Å². The molecule has 0 fully saturated rings. The summed E-state index contributed by atoms with van der Waals surface area (Å²) in [5.41, 5.74) is 2.40. The maximum atomic E-state index is 5.78. The molecule has 0 aliphatic carbocycles. The average Bonchev–Trinajstić information content (AvgIpc) is 2.65. The molecule has 26 heavy (non-hydrogen) atoms. The van der Waals surface area contributed by atoms with Crippen LogP contribution in [0.4, 0.5) is 0 Å². The highest BCUT2D eigenvalue weighted by Crippen LogP contribution is 2.19. The highest BCUT2D eigenvalue weighted by atomic mass is 32.2. The van der Waals surface area contributed by atoms with Crippen molar-refractivity contribution >= 4 is 28.3 Å². The van der Waals surface area contributed by atoms with E-state index in [1.165, 1.54) is 69.8 Å². The lowest BCUT2D eigenvalue weighted by Gasteiger charge is -2.25. The molecule has 1 aromatic rings. The molecule has 0 aliphatic rings. The third-order valence-electron chi connectivity index (χ3n) is 4.71. The number of nitrogens with zero attached hydrogens (tertiary/aromatic N) is 1. The monoisotopic (exact) mass is 392 g/mol. The highest BCUT2D eigenvalue weighted by Gasteiger charge is 2.10. The molecular formula is C23H38NS2. The summed E-state index contributed by atoms with van der Waals surface area (Å²) in [4.78, 5) is 2.47. The summed E-state index contributed by atoms with van der Waals surface area (Å²) in [6, 6.07) is 8.49. The summed E-state index contributed by atoms with van der Waals surface area (Å²) in [7, 11) is 0. The molecule has 1 aromatic carbocycles. The number of rotatable bonds is 14. The third-order valence-corrected chi connectivity index (χ3v) is 6.30. The molecule has 0 aromatic heterocycles. The van der Waals surface area contributed by atoms with Gasteiger partial charge >= 0.3 is 0 Å². The Balaban J connectivity index is 2.40. The van der Waals surface area contributed by atoms with Crippen LogP contribution in [0, 0.1) is 6.92 Å². The van der Waals surface area contributed by atoms with Crippen LogP contribution in [-0.2, 0) is 5.75 Å². The maximum absolute atomic E-state index is 5.78. The molecule has 1 radical (unpaired) electrons. The Hall–Kier alpha value is -0.540. The second kappa shape index (κ2) is 15.5. The average molecular weight is 393 g/mol. The predicted octanol–water partition coefficient (Wildman–Crippen LogP) is 7.63. The molecule has 0 amide bonds. The summed E-state index contributed by atoms with van der Waals surface area (Å²) < 4.78 is 1.08. The van der Waals surface area contributed by atoms with Crippen molar-refractivity contribution in [2.75, 3.05) is 13.1 Å². The van der Waals surface area contributed by atoms with E-state index in [4.69, 9.17) is 12.2 Å². The van der Waals surface area contributed by atoms with E-state index in [1.807, 2.05) is 11.8 Å². The van der Waals surface area contributed by atoms with Gasteiger partial charge in [0.05, 0.1) is 0 Å². The van der Waals surface area contributed by atoms with Crippen molar-refractivity contribution in [2.24, 2.45) is 0 Å². The normalized spacial score (nSPS) is 10.9. The van der Waals surface area contributed by atoms with Crippen LogP contribution in [0.1, 0.15) is 89.2 Å². The second-order valence-electron chi connectivity index (χ2n) is 7.19. The van der Waals surface area contributed by atoms with Gasteiger partial charge in [-0.1, -0.05) is 113 Å². The van der Waals surface area contributed by atoms with E-state index >= 15 is 0 Å². The topological polar surface area (TPSA) is 3.24 Å². The SMILES string of the molecule is [CH2]c1ccc(CSC(=S)N(CCCCCCC)CCCCCCC)cc1. The van der Waals surface area contributed by atoms with Crippen LogP contribution in [0.25, 0.3) is 0 Å². The molecule has 0 saturated carbocycles. The Bertz CT molecular complexity index is 456. The van der Waals surface area contributed by atoms with Gasteiger partial charge in [0.25, 0.3) is 0 Å². The molecule has 3 heteroatoms. The zero-order valence-electron chi connectivity index (χ0n) is 17.0. The summed E-state index contributed by atoms with van der Waals surface area (Å²) in [5, 5.41) is 0. The molecule has 0 spiro atoms. The lowest BCUT2D eigenvalue weighted by Crippen LogP contribution is -2.29. The Labute approximate surface area is 172 Å². The summed E-state index contributed by atoms with van der Waals surface area (Å²) in [6.45, 7) is 10.8. The highest BCUT2D eigenvalue weighted by molar-refractivity contribution is 8.22. The fraction of sp³-hybridized carbons (Fsp3) is 0.652. The Morgan fingerprint density at radius 3 is 1.85 bits per heavy atom. The van der Waals surface area contributed by atoms with Gasteiger partial charge in [-0.2, -0.15) is 0 Å². The first-order chi connectivity index (χ1) is 12.7. The molecule has 1 nitrogen and oxygen atoms in total. The molecular weight excluding hydrogens is 354 g/mol. The molecule has 0 atom stereocenters. The molecule has 147 valence electrons. The van der Waals surface area contributed by atoms with Crippen molar-refractivity contribution in [3.8, 4) is 0 Å². The van der Waals surface area contributed by atoms with Gasteiger partial charge in [0, 0.05) is 18.8 Å². The molecule has 1 rings (SSSR count). The fourth-order valence-corrected chi connectivity index (χ4v) is 4.19. The molecule has 0 N–H and O–H groups in total. The summed E-state index contributed by atoms with van der Waals surface area (Å²) in [6.07, 6.45) is 13.3. The first kappa shape index (κ1) is 23.5. The van der Waals surface area contributed by atoms with Crippen LogP contribution in [0.2, 0.25) is 0 Å². The van der Waals surface area contributed by atoms with Gasteiger partial charge < -0.3 is 4.90 Å². The van der Waals surface area contributed by atoms with E-state index < -0.39 is 0 Å². The molecule has 0 unspecified atom stereocenters. The Morgan fingerprint density at radius 2 is 1.35 bits per heavy atom. The third kappa shape index (κ3) is 11.2. The predicted molar refractivity (Wildman–Crippen MR) is 124 cm³/mol. The van der Waals surface area contributed by atoms with Crippen molar-refractivity contribution in [1.29, 1.82) is 0 Å². The minimum absolute atomic E-state index is 0.960. The standard InChI is InChI=1S/C23H38NS2/c1-4-6-8-10-12-18-24(19-13-11-9-7-5-2)23(25)26-20-22-16-14-21(3)15-17-22/h14-17H,3-13,18-20H2,1-2H3. The number of thioether (sulfide) groups is 1. The molecule has 0 aliphatic heterocycles. The van der Waals surface area contributed by atoms with Crippen molar-refractivity contribution in [3.05, 3.63) is 42.3 Å². The van der Waals surface area contributed by atoms with Gasteiger partial charge in [0.1, 0.15) is 4.32 Å². The van der Waals surface area contributed by atoms with Gasteiger partial charge in [-0.25, -0.2) is 0 Å². The largest absolute Gasteiger partial charge is 0.358 e. The van der Waals surface area contributed by atoms with E-state index in [0.29, 0.717) is 0 Å². The Morgan fingerprint density at radius 1 is 0.846 bits per heavy atom. The fourth-order valence-electron chi connectivity index (χ4n) is 2.98. The lowest BCUT2D eigenvalue weighted by molar-refractivity contribution is 0.396. The maximum Gasteiger partial charge on any atom is 0.136 e. The summed E-state index contributed by atoms with van der Waals surface area (Å²) >= 11 is 7.60. The zero-order chi connectivity index (χ0) is 19.0. The van der Waals surface area contributed by atoms with Crippen molar-refractivity contribution in [1.82, 2.24) is 4.90 Å². The van der Waals surface area contributed by atoms with Gasteiger partial charge in [-0.15, -0.1) is 0 Å². The van der Waals surface area contributed by atoms with Crippen LogP contribution in [0.3, 0.4) is 0 Å². The van der Waals surface area contributed by atoms with Crippen LogP contribution < -0.4 is 0 Å². The number of unbranched alkanes of at least 4 members (excludes halogenated alkanes) is 8. The smallest absolute Gasteiger partial charge is 0.136 e. The van der Waals surface area contributed by atoms with Crippen molar-refractivity contribution in [2.45, 2.75) is 83.8 Å². The summed E-state index contributed by atoms with van der Waals surface area (Å²) in [5.74, 6) is 0.960. The number of thiocarbonyl (C=S) groups is 1. The van der Waals surface area contributed by atoms with Crippen molar-refractivity contribution < 1.29 is 0 Å². The quantitative estimate of drug-likeness (QED) is 0.237. The van der Waals surface area contributed by atoms with E-state index in [-0.39, 0.29) is 0 Å². The van der Waals surface area contributed by atoms with Crippen LogP contribution in [-0.4, -0.2) is 22.3 Å². The van der Waals surface area contributed by atoms with Gasteiger partial charge in [-0.05, 0) is 30.9 Å². The van der Waals surface area contributed by atoms with E-state index in [9.17, 15) is 0 Å².